The Morgan fingerprint density at radius 3 is 2.81 bits per heavy atom. The van der Waals surface area contributed by atoms with E-state index < -0.39 is 0 Å². The molecule has 0 aromatic carbocycles. The number of nitrogens with zero attached hydrogens (tertiary/aromatic N) is 2. The summed E-state index contributed by atoms with van der Waals surface area (Å²) in [5.74, 6) is 0.500. The molecule has 0 fully saturated rings. The third-order valence-electron chi connectivity index (χ3n) is 2.86. The van der Waals surface area contributed by atoms with Crippen molar-refractivity contribution >= 4 is 23.3 Å². The van der Waals surface area contributed by atoms with Gasteiger partial charge in [0.25, 0.3) is 5.91 Å². The van der Waals surface area contributed by atoms with Gasteiger partial charge in [-0.25, -0.2) is 4.98 Å². The van der Waals surface area contributed by atoms with Gasteiger partial charge in [-0.05, 0) is 26.3 Å². The molecule has 0 saturated carbocycles. The van der Waals surface area contributed by atoms with E-state index in [1.165, 1.54) is 0 Å². The van der Waals surface area contributed by atoms with Crippen LogP contribution in [0.1, 0.15) is 37.6 Å². The Bertz CT molecular complexity index is 466. The monoisotopic (exact) mass is 313 g/mol. The summed E-state index contributed by atoms with van der Waals surface area (Å²) in [5.41, 5.74) is 0.481. The van der Waals surface area contributed by atoms with Crippen LogP contribution >= 0.6 is 11.6 Å². The number of rotatable bonds is 8. The first-order valence-corrected chi connectivity index (χ1v) is 7.60. The molecule has 0 saturated heterocycles. The van der Waals surface area contributed by atoms with Crippen LogP contribution < -0.4 is 5.32 Å². The molecular weight excluding hydrogens is 290 g/mol. The van der Waals surface area contributed by atoms with Crippen LogP contribution in [0.5, 0.6) is 0 Å². The Morgan fingerprint density at radius 2 is 2.24 bits per heavy atom. The second kappa shape index (κ2) is 8.85. The third-order valence-corrected chi connectivity index (χ3v) is 3.14. The highest BCUT2D eigenvalue weighted by Gasteiger charge is 2.14. The molecule has 1 heterocycles. The van der Waals surface area contributed by atoms with Crippen molar-refractivity contribution in [3.63, 3.8) is 0 Å². The maximum absolute atomic E-state index is 12.2. The molecule has 0 radical (unpaired) electrons. The number of carbonyl (C=O) groups is 1. The first-order valence-electron chi connectivity index (χ1n) is 7.22. The summed E-state index contributed by atoms with van der Waals surface area (Å²) in [6.07, 6.45) is 2.69. The van der Waals surface area contributed by atoms with Gasteiger partial charge in [-0.3, -0.25) is 4.79 Å². The molecular formula is C15H24ClN3O2. The molecule has 1 N–H and O–H groups in total. The van der Waals surface area contributed by atoms with Crippen molar-refractivity contribution in [3.8, 4) is 0 Å². The van der Waals surface area contributed by atoms with Crippen molar-refractivity contribution < 1.29 is 9.53 Å². The maximum atomic E-state index is 12.2. The summed E-state index contributed by atoms with van der Waals surface area (Å²) >= 11 is 6.14. The summed E-state index contributed by atoms with van der Waals surface area (Å²) in [5, 5.41) is 3.58. The normalized spacial score (nSPS) is 10.8. The lowest BCUT2D eigenvalue weighted by Gasteiger charge is -2.18. The van der Waals surface area contributed by atoms with E-state index in [2.05, 4.69) is 17.2 Å². The maximum Gasteiger partial charge on any atom is 0.255 e. The number of anilines is 1. The molecule has 0 aliphatic carbocycles. The van der Waals surface area contributed by atoms with Crippen molar-refractivity contribution in [2.45, 2.75) is 33.3 Å². The predicted molar refractivity (Wildman–Crippen MR) is 86.1 cm³/mol. The van der Waals surface area contributed by atoms with Gasteiger partial charge in [0.2, 0.25) is 0 Å². The van der Waals surface area contributed by atoms with Crippen LogP contribution in [0, 0.1) is 0 Å². The van der Waals surface area contributed by atoms with Crippen LogP contribution in [-0.2, 0) is 4.74 Å². The van der Waals surface area contributed by atoms with Crippen molar-refractivity contribution in [2.24, 2.45) is 0 Å². The lowest BCUT2D eigenvalue weighted by Crippen LogP contribution is -2.30. The third kappa shape index (κ3) is 5.89. The summed E-state index contributed by atoms with van der Waals surface area (Å²) in [6, 6.07) is 1.65. The summed E-state index contributed by atoms with van der Waals surface area (Å²) in [6.45, 7) is 7.84. The number of ether oxygens (including phenoxy) is 1. The number of carbonyl (C=O) groups excluding carboxylic acids is 1. The Labute approximate surface area is 131 Å². The van der Waals surface area contributed by atoms with Gasteiger partial charge in [-0.15, -0.1) is 0 Å². The van der Waals surface area contributed by atoms with E-state index in [4.69, 9.17) is 16.3 Å². The number of likely N-dealkylation sites (N-methyl/N-ethyl adjacent to an activating group) is 1. The minimum atomic E-state index is -0.112. The largest absolute Gasteiger partial charge is 0.377 e. The minimum absolute atomic E-state index is 0.112. The highest BCUT2D eigenvalue weighted by atomic mass is 35.5. The van der Waals surface area contributed by atoms with Crippen LogP contribution in [-0.4, -0.2) is 48.6 Å². The van der Waals surface area contributed by atoms with Crippen LogP contribution in [0.3, 0.4) is 0 Å². The SMILES string of the molecule is CCCNc1ncc(C(=O)N(C)CCOC(C)C)cc1Cl. The molecule has 21 heavy (non-hydrogen) atoms. The first-order chi connectivity index (χ1) is 9.95. The van der Waals surface area contributed by atoms with Gasteiger partial charge in [0.1, 0.15) is 5.82 Å². The number of aromatic nitrogens is 1. The molecule has 0 unspecified atom stereocenters. The van der Waals surface area contributed by atoms with Gasteiger partial charge < -0.3 is 15.0 Å². The standard InChI is InChI=1S/C15H24ClN3O2/c1-5-6-17-14-13(16)9-12(10-18-14)15(20)19(4)7-8-21-11(2)3/h9-11H,5-8H2,1-4H3,(H,17,18). The van der Waals surface area contributed by atoms with Gasteiger partial charge in [-0.1, -0.05) is 18.5 Å². The Hall–Kier alpha value is -1.33. The zero-order chi connectivity index (χ0) is 15.8. The van der Waals surface area contributed by atoms with Crippen molar-refractivity contribution in [3.05, 3.63) is 22.8 Å². The van der Waals surface area contributed by atoms with Gasteiger partial charge in [0.05, 0.1) is 23.3 Å². The number of halogens is 1. The zero-order valence-corrected chi connectivity index (χ0v) is 13.9. The molecule has 1 rings (SSSR count). The smallest absolute Gasteiger partial charge is 0.255 e. The number of hydrogen-bond acceptors (Lipinski definition) is 4. The molecule has 1 aromatic heterocycles. The molecule has 0 spiro atoms. The van der Waals surface area contributed by atoms with Crippen molar-refractivity contribution in [1.29, 1.82) is 0 Å². The average Bonchev–Trinajstić information content (AvgIpc) is 2.44. The molecule has 1 aromatic rings. The summed E-state index contributed by atoms with van der Waals surface area (Å²) in [7, 11) is 1.74. The summed E-state index contributed by atoms with van der Waals surface area (Å²) in [4.78, 5) is 18.1. The molecule has 6 heteroatoms. The Balaban J connectivity index is 2.63. The van der Waals surface area contributed by atoms with E-state index in [9.17, 15) is 4.79 Å². The van der Waals surface area contributed by atoms with Crippen molar-refractivity contribution in [2.75, 3.05) is 32.1 Å². The van der Waals surface area contributed by atoms with E-state index in [0.29, 0.717) is 29.6 Å². The van der Waals surface area contributed by atoms with Crippen LogP contribution in [0.2, 0.25) is 5.02 Å². The molecule has 5 nitrogen and oxygen atoms in total. The fourth-order valence-electron chi connectivity index (χ4n) is 1.68. The van der Waals surface area contributed by atoms with Gasteiger partial charge >= 0.3 is 0 Å². The fourth-order valence-corrected chi connectivity index (χ4v) is 1.91. The second-order valence-corrected chi connectivity index (χ2v) is 5.53. The average molecular weight is 314 g/mol. The van der Waals surface area contributed by atoms with E-state index in [1.807, 2.05) is 13.8 Å². The van der Waals surface area contributed by atoms with E-state index >= 15 is 0 Å². The van der Waals surface area contributed by atoms with E-state index in [0.717, 1.165) is 13.0 Å². The first kappa shape index (κ1) is 17.7. The molecule has 0 aliphatic rings. The Kier molecular flexibility index (Phi) is 7.47. The van der Waals surface area contributed by atoms with Gasteiger partial charge in [0, 0.05) is 26.3 Å². The highest BCUT2D eigenvalue weighted by Crippen LogP contribution is 2.20. The molecule has 0 atom stereocenters. The Morgan fingerprint density at radius 1 is 1.52 bits per heavy atom. The van der Waals surface area contributed by atoms with Crippen LogP contribution in [0.25, 0.3) is 0 Å². The highest BCUT2D eigenvalue weighted by molar-refractivity contribution is 6.33. The van der Waals surface area contributed by atoms with Crippen molar-refractivity contribution in [1.82, 2.24) is 9.88 Å². The molecule has 1 amide bonds. The number of nitrogens with one attached hydrogen (secondary N) is 1. The number of pyridine rings is 1. The van der Waals surface area contributed by atoms with E-state index in [-0.39, 0.29) is 12.0 Å². The quantitative estimate of drug-likeness (QED) is 0.801. The predicted octanol–water partition coefficient (Wildman–Crippen LogP) is 3.05. The van der Waals surface area contributed by atoms with Gasteiger partial charge in [-0.2, -0.15) is 0 Å². The van der Waals surface area contributed by atoms with Gasteiger partial charge in [0.15, 0.2) is 0 Å². The minimum Gasteiger partial charge on any atom is -0.377 e. The zero-order valence-electron chi connectivity index (χ0n) is 13.1. The van der Waals surface area contributed by atoms with Crippen LogP contribution in [0.4, 0.5) is 5.82 Å². The van der Waals surface area contributed by atoms with E-state index in [1.54, 1.807) is 24.2 Å². The lowest BCUT2D eigenvalue weighted by atomic mass is 10.2. The van der Waals surface area contributed by atoms with Crippen LogP contribution in [0.15, 0.2) is 12.3 Å². The molecule has 0 bridgehead atoms. The molecule has 0 aliphatic heterocycles. The number of hydrogen-bond donors (Lipinski definition) is 1. The number of amides is 1. The lowest BCUT2D eigenvalue weighted by molar-refractivity contribution is 0.0532. The molecule has 118 valence electrons. The topological polar surface area (TPSA) is 54.5 Å². The summed E-state index contributed by atoms with van der Waals surface area (Å²) < 4.78 is 5.44. The fraction of sp³-hybridized carbons (Fsp3) is 0.600. The second-order valence-electron chi connectivity index (χ2n) is 5.13.